The van der Waals surface area contributed by atoms with E-state index in [1.54, 1.807) is 24.3 Å². The van der Waals surface area contributed by atoms with Crippen LogP contribution in [0, 0.1) is 0 Å². The minimum absolute atomic E-state index is 0.00393. The lowest BCUT2D eigenvalue weighted by molar-refractivity contribution is -0.114. The molecule has 5 rings (SSSR count). The molecule has 0 spiro atoms. The first kappa shape index (κ1) is 36.9. The summed E-state index contributed by atoms with van der Waals surface area (Å²) in [5, 5.41) is 18.7. The molecule has 0 saturated carbocycles. The first-order chi connectivity index (χ1) is 24.0. The van der Waals surface area contributed by atoms with E-state index in [0.717, 1.165) is 18.2 Å². The van der Waals surface area contributed by atoms with Gasteiger partial charge in [0.2, 0.25) is 23.1 Å². The highest BCUT2D eigenvalue weighted by Crippen LogP contribution is 2.35. The van der Waals surface area contributed by atoms with Crippen molar-refractivity contribution in [2.24, 2.45) is 10.2 Å². The normalized spacial score (nSPS) is 11.7. The van der Waals surface area contributed by atoms with Gasteiger partial charge in [0, 0.05) is 34.8 Å². The van der Waals surface area contributed by atoms with Crippen LogP contribution < -0.4 is 21.3 Å². The number of benzene rings is 4. The molecule has 4 aromatic carbocycles. The minimum atomic E-state index is -4.88. The second-order valence-corrected chi connectivity index (χ2v) is 14.4. The Bertz CT molecular complexity index is 2500. The number of anilines is 6. The summed E-state index contributed by atoms with van der Waals surface area (Å²) in [6.07, 6.45) is 0. The van der Waals surface area contributed by atoms with E-state index >= 15 is 0 Å². The highest BCUT2D eigenvalue weighted by atomic mass is 79.9. The van der Waals surface area contributed by atoms with Crippen molar-refractivity contribution in [1.29, 1.82) is 0 Å². The largest absolute Gasteiger partial charge is 0.324 e. The van der Waals surface area contributed by atoms with Gasteiger partial charge in [0.25, 0.3) is 26.1 Å². The predicted octanol–water partition coefficient (Wildman–Crippen LogP) is 6.88. The zero-order valence-electron chi connectivity index (χ0n) is 25.8. The molecule has 21 heteroatoms. The van der Waals surface area contributed by atoms with Gasteiger partial charge < -0.3 is 21.3 Å². The predicted molar refractivity (Wildman–Crippen MR) is 193 cm³/mol. The topological polar surface area (TPSA) is 254 Å². The number of carbonyl (C=O) groups is 2. The first-order valence-corrected chi connectivity index (χ1v) is 18.1. The van der Waals surface area contributed by atoms with Crippen molar-refractivity contribution in [3.8, 4) is 0 Å². The molecular formula is C30H23BrClN9O8S2. The summed E-state index contributed by atoms with van der Waals surface area (Å²) in [6.45, 7) is 4.78. The summed E-state index contributed by atoms with van der Waals surface area (Å²) in [6, 6.07) is 16.7. The zero-order valence-corrected chi connectivity index (χ0v) is 29.8. The van der Waals surface area contributed by atoms with Gasteiger partial charge in [0.05, 0.1) is 15.9 Å². The zero-order chi connectivity index (χ0) is 37.1. The van der Waals surface area contributed by atoms with Gasteiger partial charge in [-0.1, -0.05) is 24.8 Å². The third kappa shape index (κ3) is 9.45. The number of nitrogens with one attached hydrogen (secondary N) is 4. The fourth-order valence-corrected chi connectivity index (χ4v) is 6.18. The van der Waals surface area contributed by atoms with Crippen LogP contribution in [0.25, 0.3) is 10.8 Å². The van der Waals surface area contributed by atoms with Crippen molar-refractivity contribution >= 4 is 116 Å². The lowest BCUT2D eigenvalue weighted by atomic mass is 10.1. The maximum atomic E-state index is 12.2. The molecule has 51 heavy (non-hydrogen) atoms. The smallest absolute Gasteiger partial charge is 0.295 e. The molecule has 1 heterocycles. The van der Waals surface area contributed by atoms with E-state index in [9.17, 15) is 35.5 Å². The van der Waals surface area contributed by atoms with Crippen LogP contribution in [-0.2, 0) is 29.8 Å². The maximum Gasteiger partial charge on any atom is 0.295 e. The molecule has 17 nitrogen and oxygen atoms in total. The Labute approximate surface area is 302 Å². The molecule has 0 bridgehead atoms. The Hall–Kier alpha value is -5.38. The number of aromatic nitrogens is 3. The third-order valence-electron chi connectivity index (χ3n) is 6.53. The van der Waals surface area contributed by atoms with Gasteiger partial charge in [0.15, 0.2) is 0 Å². The molecule has 0 aliphatic rings. The van der Waals surface area contributed by atoms with Crippen LogP contribution in [0.2, 0.25) is 5.28 Å². The Morgan fingerprint density at radius 1 is 0.765 bits per heavy atom. The second kappa shape index (κ2) is 14.8. The summed E-state index contributed by atoms with van der Waals surface area (Å²) in [4.78, 5) is 35.2. The van der Waals surface area contributed by atoms with E-state index in [1.165, 1.54) is 37.3 Å². The van der Waals surface area contributed by atoms with Crippen LogP contribution in [0.5, 0.6) is 0 Å². The van der Waals surface area contributed by atoms with E-state index in [-0.39, 0.29) is 49.5 Å². The van der Waals surface area contributed by atoms with Gasteiger partial charge in [-0.2, -0.15) is 36.9 Å². The average molecular weight is 817 g/mol. The van der Waals surface area contributed by atoms with E-state index in [0.29, 0.717) is 17.1 Å². The number of hydrogen-bond acceptors (Lipinski definition) is 13. The van der Waals surface area contributed by atoms with Gasteiger partial charge in [-0.05, 0) is 82.1 Å². The molecule has 6 N–H and O–H groups in total. The number of halogens is 2. The number of amides is 2. The molecule has 0 unspecified atom stereocenters. The molecule has 0 radical (unpaired) electrons. The molecule has 262 valence electrons. The fraction of sp³-hybridized carbons (Fsp3) is 0.0333. The van der Waals surface area contributed by atoms with Gasteiger partial charge in [-0.15, -0.1) is 5.11 Å². The minimum Gasteiger partial charge on any atom is -0.324 e. The summed E-state index contributed by atoms with van der Waals surface area (Å²) < 4.78 is 68.0. The quantitative estimate of drug-likeness (QED) is 0.0452. The van der Waals surface area contributed by atoms with Crippen LogP contribution in [0.1, 0.15) is 6.92 Å². The summed E-state index contributed by atoms with van der Waals surface area (Å²) in [7, 11) is -9.69. The summed E-state index contributed by atoms with van der Waals surface area (Å²) in [5.74, 6) is -0.851. The molecule has 0 saturated heterocycles. The molecule has 0 aliphatic carbocycles. The maximum absolute atomic E-state index is 12.2. The third-order valence-corrected chi connectivity index (χ3v) is 8.86. The number of rotatable bonds is 11. The van der Waals surface area contributed by atoms with Crippen molar-refractivity contribution in [3.63, 3.8) is 0 Å². The summed E-state index contributed by atoms with van der Waals surface area (Å²) in [5.41, 5.74) is 1.33. The number of fused-ring (bicyclic) bond motifs is 1. The Kier molecular flexibility index (Phi) is 10.7. The number of hydrogen-bond donors (Lipinski definition) is 6. The molecule has 0 aliphatic heterocycles. The Morgan fingerprint density at radius 3 is 2.02 bits per heavy atom. The van der Waals surface area contributed by atoms with Crippen LogP contribution >= 0.6 is 27.5 Å². The Balaban J connectivity index is 1.45. The van der Waals surface area contributed by atoms with Crippen molar-refractivity contribution in [1.82, 2.24) is 15.0 Å². The standard InChI is InChI=1S/C30H23BrClN9O8S2/c1-15(31)27(43)34-17-5-3-6-18(11-17)35-29-37-28(32)38-30(39-29)36-19-9-10-23(24(13-19)33-16(2)42)41-40-20-12-22-21(26(14-20)51(47,48)49)7-4-8-25(22)50(44,45)46/h3-14H,1H2,2H3,(H,33,42)(H,34,43)(H,44,45,46)(H,47,48,49)(H2,35,36,37,38,39). The SMILES string of the molecule is C=C(Br)C(=O)Nc1cccc(Nc2nc(Cl)nc(Nc3ccc(N=Nc4cc(S(=O)(=O)O)c5cccc(S(=O)(=O)O)c5c4)c(NC(C)=O)c3)n2)c1. The lowest BCUT2D eigenvalue weighted by Crippen LogP contribution is -2.10. The van der Waals surface area contributed by atoms with Gasteiger partial charge in [-0.25, -0.2) is 0 Å². The monoisotopic (exact) mass is 815 g/mol. The average Bonchev–Trinajstić information content (AvgIpc) is 3.02. The van der Waals surface area contributed by atoms with E-state index < -0.39 is 41.8 Å². The first-order valence-electron chi connectivity index (χ1n) is 14.0. The Morgan fingerprint density at radius 2 is 1.39 bits per heavy atom. The number of azo groups is 1. The van der Waals surface area contributed by atoms with Crippen molar-refractivity contribution in [2.75, 3.05) is 21.3 Å². The van der Waals surface area contributed by atoms with E-state index in [2.05, 4.69) is 69.0 Å². The molecule has 2 amide bonds. The molecule has 0 atom stereocenters. The highest BCUT2D eigenvalue weighted by molar-refractivity contribution is 9.12. The summed E-state index contributed by atoms with van der Waals surface area (Å²) >= 11 is 9.18. The lowest BCUT2D eigenvalue weighted by Gasteiger charge is -2.12. The van der Waals surface area contributed by atoms with Crippen LogP contribution in [-0.4, -0.2) is 52.7 Å². The van der Waals surface area contributed by atoms with Crippen LogP contribution in [0.3, 0.4) is 0 Å². The highest BCUT2D eigenvalue weighted by Gasteiger charge is 2.21. The van der Waals surface area contributed by atoms with E-state index in [4.69, 9.17) is 11.6 Å². The number of nitrogens with zero attached hydrogens (tertiary/aromatic N) is 5. The molecule has 0 fully saturated rings. The molecule has 5 aromatic rings. The second-order valence-electron chi connectivity index (χ2n) is 10.3. The van der Waals surface area contributed by atoms with Gasteiger partial charge in [-0.3, -0.25) is 18.7 Å². The van der Waals surface area contributed by atoms with Crippen LogP contribution in [0.4, 0.5) is 46.0 Å². The number of carbonyl (C=O) groups excluding carboxylic acids is 2. The van der Waals surface area contributed by atoms with Crippen LogP contribution in [0.15, 0.2) is 104 Å². The van der Waals surface area contributed by atoms with Crippen molar-refractivity contribution in [2.45, 2.75) is 16.7 Å². The fourth-order valence-electron chi connectivity index (χ4n) is 4.50. The van der Waals surface area contributed by atoms with E-state index in [1.807, 2.05) is 0 Å². The van der Waals surface area contributed by atoms with Gasteiger partial charge >= 0.3 is 0 Å². The van der Waals surface area contributed by atoms with Crippen molar-refractivity contribution < 1.29 is 35.5 Å². The molecular weight excluding hydrogens is 794 g/mol. The molecule has 1 aromatic heterocycles. The van der Waals surface area contributed by atoms with Gasteiger partial charge in [0.1, 0.15) is 15.5 Å². The van der Waals surface area contributed by atoms with Crippen molar-refractivity contribution in [3.05, 3.63) is 89.1 Å².